The summed E-state index contributed by atoms with van der Waals surface area (Å²) >= 11 is 3.49. The van der Waals surface area contributed by atoms with Crippen LogP contribution in [0, 0.1) is 0 Å². The predicted octanol–water partition coefficient (Wildman–Crippen LogP) is 2.71. The van der Waals surface area contributed by atoms with Crippen LogP contribution in [0.4, 0.5) is 0 Å². The van der Waals surface area contributed by atoms with E-state index < -0.39 is 0 Å². The largest absolute Gasteiger partial charge is 0.324 e. The monoisotopic (exact) mass is 282 g/mol. The van der Waals surface area contributed by atoms with Crippen LogP contribution < -0.4 is 5.73 Å². The normalized spacial score (nSPS) is 11.3. The van der Waals surface area contributed by atoms with Crippen LogP contribution in [0.1, 0.15) is 31.3 Å². The quantitative estimate of drug-likeness (QED) is 0.828. The second kappa shape index (κ2) is 6.36. The zero-order valence-corrected chi connectivity index (χ0v) is 12.3. The van der Waals surface area contributed by atoms with Crippen molar-refractivity contribution in [1.82, 2.24) is 14.8 Å². The van der Waals surface area contributed by atoms with Gasteiger partial charge in [-0.05, 0) is 42.7 Å². The molecule has 2 heterocycles. The van der Waals surface area contributed by atoms with Crippen molar-refractivity contribution in [3.05, 3.63) is 28.2 Å². The molecule has 0 bridgehead atoms. The Balaban J connectivity index is 1.98. The van der Waals surface area contributed by atoms with E-state index in [9.17, 15) is 0 Å². The Morgan fingerprint density at radius 3 is 2.89 bits per heavy atom. The second-order valence-electron chi connectivity index (χ2n) is 4.30. The fourth-order valence-electron chi connectivity index (χ4n) is 1.76. The molecule has 98 valence electrons. The summed E-state index contributed by atoms with van der Waals surface area (Å²) in [5.41, 5.74) is 7.07. The lowest BCUT2D eigenvalue weighted by atomic mass is 10.3. The van der Waals surface area contributed by atoms with Gasteiger partial charge in [0.05, 0.1) is 6.54 Å². The highest BCUT2D eigenvalue weighted by atomic mass is 32.2. The van der Waals surface area contributed by atoms with Crippen molar-refractivity contribution >= 4 is 23.1 Å². The van der Waals surface area contributed by atoms with Crippen LogP contribution in [-0.4, -0.2) is 20.5 Å². The SMILES string of the molecule is CC(C)n1c(CN)nnc1SCCc1ccsc1. The average Bonchev–Trinajstić information content (AvgIpc) is 2.97. The van der Waals surface area contributed by atoms with E-state index in [4.69, 9.17) is 5.73 Å². The Hall–Kier alpha value is -0.850. The minimum absolute atomic E-state index is 0.349. The fraction of sp³-hybridized carbons (Fsp3) is 0.500. The van der Waals surface area contributed by atoms with E-state index in [-0.39, 0.29) is 0 Å². The van der Waals surface area contributed by atoms with Gasteiger partial charge in [0.2, 0.25) is 0 Å². The standard InChI is InChI=1S/C12H18N4S2/c1-9(2)16-11(7-13)14-15-12(16)18-6-4-10-3-5-17-8-10/h3,5,8-9H,4,6-7,13H2,1-2H3. The van der Waals surface area contributed by atoms with Gasteiger partial charge in [-0.1, -0.05) is 11.8 Å². The van der Waals surface area contributed by atoms with Crippen molar-refractivity contribution in [2.75, 3.05) is 5.75 Å². The molecular weight excluding hydrogens is 264 g/mol. The summed E-state index contributed by atoms with van der Waals surface area (Å²) in [6.45, 7) is 4.70. The van der Waals surface area contributed by atoms with Crippen LogP contribution in [0.5, 0.6) is 0 Å². The summed E-state index contributed by atoms with van der Waals surface area (Å²) in [5, 5.41) is 13.6. The first kappa shape index (κ1) is 13.6. The van der Waals surface area contributed by atoms with Crippen molar-refractivity contribution in [3.63, 3.8) is 0 Å². The van der Waals surface area contributed by atoms with Gasteiger partial charge in [0, 0.05) is 11.8 Å². The Labute approximate surface area is 116 Å². The zero-order chi connectivity index (χ0) is 13.0. The third-order valence-corrected chi connectivity index (χ3v) is 4.31. The maximum Gasteiger partial charge on any atom is 0.191 e. The number of nitrogens with two attached hydrogens (primary N) is 1. The van der Waals surface area contributed by atoms with E-state index in [1.54, 1.807) is 23.1 Å². The van der Waals surface area contributed by atoms with Crippen LogP contribution in [0.3, 0.4) is 0 Å². The lowest BCUT2D eigenvalue weighted by Gasteiger charge is -2.12. The summed E-state index contributed by atoms with van der Waals surface area (Å²) in [7, 11) is 0. The van der Waals surface area contributed by atoms with Gasteiger partial charge in [-0.2, -0.15) is 11.3 Å². The lowest BCUT2D eigenvalue weighted by molar-refractivity contribution is 0.526. The lowest BCUT2D eigenvalue weighted by Crippen LogP contribution is -2.11. The molecule has 0 fully saturated rings. The van der Waals surface area contributed by atoms with Crippen LogP contribution >= 0.6 is 23.1 Å². The van der Waals surface area contributed by atoms with Crippen molar-refractivity contribution < 1.29 is 0 Å². The van der Waals surface area contributed by atoms with E-state index in [0.717, 1.165) is 23.2 Å². The molecule has 0 radical (unpaired) electrons. The smallest absolute Gasteiger partial charge is 0.191 e. The molecule has 2 aromatic rings. The number of hydrogen-bond donors (Lipinski definition) is 1. The molecule has 0 saturated carbocycles. The van der Waals surface area contributed by atoms with E-state index >= 15 is 0 Å². The van der Waals surface area contributed by atoms with Gasteiger partial charge in [0.15, 0.2) is 5.16 Å². The maximum absolute atomic E-state index is 5.68. The topological polar surface area (TPSA) is 56.7 Å². The van der Waals surface area contributed by atoms with Crippen LogP contribution in [0.25, 0.3) is 0 Å². The number of thiophene rings is 1. The first-order valence-corrected chi connectivity index (χ1v) is 7.93. The van der Waals surface area contributed by atoms with Crippen molar-refractivity contribution in [2.24, 2.45) is 5.73 Å². The number of aromatic nitrogens is 3. The summed E-state index contributed by atoms with van der Waals surface area (Å²) in [4.78, 5) is 0. The van der Waals surface area contributed by atoms with Crippen molar-refractivity contribution in [1.29, 1.82) is 0 Å². The number of hydrogen-bond acceptors (Lipinski definition) is 5. The molecule has 0 atom stereocenters. The molecule has 2 aromatic heterocycles. The van der Waals surface area contributed by atoms with Gasteiger partial charge in [-0.3, -0.25) is 0 Å². The Bertz CT molecular complexity index is 476. The molecular formula is C12H18N4S2. The number of nitrogens with zero attached hydrogens (tertiary/aromatic N) is 3. The molecule has 4 nitrogen and oxygen atoms in total. The summed E-state index contributed by atoms with van der Waals surface area (Å²) in [6, 6.07) is 2.52. The highest BCUT2D eigenvalue weighted by Gasteiger charge is 2.13. The molecule has 0 aliphatic carbocycles. The van der Waals surface area contributed by atoms with Crippen molar-refractivity contribution in [2.45, 2.75) is 38.0 Å². The predicted molar refractivity (Wildman–Crippen MR) is 77.0 cm³/mol. The van der Waals surface area contributed by atoms with Gasteiger partial charge in [0.25, 0.3) is 0 Å². The molecule has 0 amide bonds. The molecule has 18 heavy (non-hydrogen) atoms. The van der Waals surface area contributed by atoms with Gasteiger partial charge in [-0.25, -0.2) is 0 Å². The molecule has 0 spiro atoms. The molecule has 0 aliphatic heterocycles. The average molecular weight is 282 g/mol. The van der Waals surface area contributed by atoms with Crippen LogP contribution in [0.2, 0.25) is 0 Å². The second-order valence-corrected chi connectivity index (χ2v) is 6.14. The van der Waals surface area contributed by atoms with Crippen molar-refractivity contribution in [3.8, 4) is 0 Å². The van der Waals surface area contributed by atoms with E-state index in [2.05, 4.69) is 45.4 Å². The van der Waals surface area contributed by atoms with Gasteiger partial charge in [0.1, 0.15) is 5.82 Å². The number of rotatable bonds is 6. The molecule has 0 unspecified atom stereocenters. The van der Waals surface area contributed by atoms with E-state index in [0.29, 0.717) is 12.6 Å². The Kier molecular flexibility index (Phi) is 4.79. The summed E-state index contributed by atoms with van der Waals surface area (Å²) in [5.74, 6) is 1.88. The first-order valence-electron chi connectivity index (χ1n) is 6.00. The van der Waals surface area contributed by atoms with Gasteiger partial charge < -0.3 is 10.3 Å². The van der Waals surface area contributed by atoms with Crippen LogP contribution in [0.15, 0.2) is 22.0 Å². The minimum atomic E-state index is 0.349. The summed E-state index contributed by atoms with van der Waals surface area (Å²) in [6.07, 6.45) is 1.07. The summed E-state index contributed by atoms with van der Waals surface area (Å²) < 4.78 is 2.12. The molecule has 0 saturated heterocycles. The Morgan fingerprint density at radius 2 is 2.28 bits per heavy atom. The third-order valence-electron chi connectivity index (χ3n) is 2.64. The minimum Gasteiger partial charge on any atom is -0.324 e. The highest BCUT2D eigenvalue weighted by Crippen LogP contribution is 2.22. The number of thioether (sulfide) groups is 1. The molecule has 0 aliphatic rings. The fourth-order valence-corrected chi connectivity index (χ4v) is 3.54. The number of aryl methyl sites for hydroxylation is 1. The zero-order valence-electron chi connectivity index (χ0n) is 10.7. The molecule has 6 heteroatoms. The third kappa shape index (κ3) is 3.13. The van der Waals surface area contributed by atoms with Gasteiger partial charge >= 0.3 is 0 Å². The van der Waals surface area contributed by atoms with Gasteiger partial charge in [-0.15, -0.1) is 10.2 Å². The van der Waals surface area contributed by atoms with Crippen LogP contribution in [-0.2, 0) is 13.0 Å². The van der Waals surface area contributed by atoms with E-state index in [1.807, 2.05) is 0 Å². The molecule has 0 aromatic carbocycles. The van der Waals surface area contributed by atoms with E-state index in [1.165, 1.54) is 5.56 Å². The first-order chi connectivity index (χ1) is 8.72. The maximum atomic E-state index is 5.68. The molecule has 2 N–H and O–H groups in total. The highest BCUT2D eigenvalue weighted by molar-refractivity contribution is 7.99. The molecule has 2 rings (SSSR count). The Morgan fingerprint density at radius 1 is 1.44 bits per heavy atom.